The number of nitriles is 1. The SMILES string of the molecule is N#Cc1ccc(C2OP(c3ccccc3)(c3ccccc3)(c3ccccc3)c3ccccc32)cc1. The molecule has 5 aromatic rings. The van der Waals surface area contributed by atoms with Crippen LogP contribution < -0.4 is 21.2 Å². The van der Waals surface area contributed by atoms with Crippen LogP contribution in [0.15, 0.2) is 140 Å². The third kappa shape index (κ3) is 2.96. The van der Waals surface area contributed by atoms with E-state index in [1.807, 2.05) is 24.3 Å². The minimum atomic E-state index is -3.59. The third-order valence-electron chi connectivity index (χ3n) is 7.08. The van der Waals surface area contributed by atoms with E-state index < -0.39 is 6.83 Å². The third-order valence-corrected chi connectivity index (χ3v) is 12.9. The first-order chi connectivity index (χ1) is 17.3. The van der Waals surface area contributed by atoms with Crippen LogP contribution in [0, 0.1) is 11.3 Å². The summed E-state index contributed by atoms with van der Waals surface area (Å²) >= 11 is 0. The topological polar surface area (TPSA) is 33.0 Å². The maximum absolute atomic E-state index is 9.35. The number of rotatable bonds is 4. The van der Waals surface area contributed by atoms with Crippen molar-refractivity contribution in [3.63, 3.8) is 0 Å². The van der Waals surface area contributed by atoms with Crippen molar-refractivity contribution in [2.75, 3.05) is 0 Å². The molecule has 0 aliphatic carbocycles. The van der Waals surface area contributed by atoms with Gasteiger partial charge in [-0.2, -0.15) is 0 Å². The normalized spacial score (nSPS) is 18.5. The quantitative estimate of drug-likeness (QED) is 0.314. The Morgan fingerprint density at radius 3 is 1.49 bits per heavy atom. The predicted molar refractivity (Wildman–Crippen MR) is 145 cm³/mol. The molecule has 0 aromatic heterocycles. The molecule has 0 saturated heterocycles. The van der Waals surface area contributed by atoms with E-state index in [4.69, 9.17) is 4.52 Å². The predicted octanol–water partition coefficient (Wildman–Crippen LogP) is 5.75. The Labute approximate surface area is 206 Å². The van der Waals surface area contributed by atoms with Gasteiger partial charge in [0.25, 0.3) is 0 Å². The van der Waals surface area contributed by atoms with Crippen LogP contribution in [0.2, 0.25) is 0 Å². The second-order valence-electron chi connectivity index (χ2n) is 8.82. The Bertz CT molecular complexity index is 1420. The zero-order valence-corrected chi connectivity index (χ0v) is 20.1. The van der Waals surface area contributed by atoms with Crippen LogP contribution in [0.1, 0.15) is 22.8 Å². The van der Waals surface area contributed by atoms with Gasteiger partial charge in [0, 0.05) is 0 Å². The molecule has 1 aliphatic rings. The van der Waals surface area contributed by atoms with Crippen molar-refractivity contribution in [3.8, 4) is 6.07 Å². The fourth-order valence-corrected chi connectivity index (χ4v) is 11.7. The summed E-state index contributed by atoms with van der Waals surface area (Å²) in [6, 6.07) is 50.8. The molecule has 0 N–H and O–H groups in total. The second kappa shape index (κ2) is 8.33. The summed E-state index contributed by atoms with van der Waals surface area (Å²) in [5, 5.41) is 14.1. The van der Waals surface area contributed by atoms with E-state index in [0.717, 1.165) is 5.56 Å². The van der Waals surface area contributed by atoms with E-state index in [1.54, 1.807) is 0 Å². The molecular weight excluding hydrogens is 445 g/mol. The standard InChI is InChI=1S/C32H24NOP/c33-24-25-20-22-26(23-21-25)32-30-18-10-11-19-31(30)35(34-32,27-12-4-1-5-13-27,28-14-6-2-7-15-28)29-16-8-3-9-17-29/h1-23,32H. The summed E-state index contributed by atoms with van der Waals surface area (Å²) in [6.45, 7) is -3.59. The fourth-order valence-electron chi connectivity index (χ4n) is 5.58. The van der Waals surface area contributed by atoms with Gasteiger partial charge in [-0.1, -0.05) is 0 Å². The second-order valence-corrected chi connectivity index (χ2v) is 13.1. The number of benzene rings is 5. The summed E-state index contributed by atoms with van der Waals surface area (Å²) in [5.41, 5.74) is 2.86. The van der Waals surface area contributed by atoms with Gasteiger partial charge in [-0.3, -0.25) is 0 Å². The van der Waals surface area contributed by atoms with Gasteiger partial charge < -0.3 is 0 Å². The van der Waals surface area contributed by atoms with Crippen molar-refractivity contribution in [1.29, 1.82) is 5.26 Å². The Morgan fingerprint density at radius 1 is 0.543 bits per heavy atom. The molecule has 0 bridgehead atoms. The van der Waals surface area contributed by atoms with Crippen molar-refractivity contribution in [1.82, 2.24) is 0 Å². The first kappa shape index (κ1) is 21.5. The van der Waals surface area contributed by atoms with E-state index in [2.05, 4.69) is 121 Å². The summed E-state index contributed by atoms with van der Waals surface area (Å²) in [7, 11) is 0. The zero-order valence-electron chi connectivity index (χ0n) is 19.2. The fraction of sp³-hybridized carbons (Fsp3) is 0.0312. The van der Waals surface area contributed by atoms with Crippen LogP contribution in [0.3, 0.4) is 0 Å². The van der Waals surface area contributed by atoms with E-state index in [9.17, 15) is 5.26 Å². The molecule has 1 atom stereocenters. The van der Waals surface area contributed by atoms with Gasteiger partial charge >= 0.3 is 206 Å². The van der Waals surface area contributed by atoms with Crippen LogP contribution >= 0.6 is 6.83 Å². The molecule has 5 aromatic carbocycles. The van der Waals surface area contributed by atoms with Gasteiger partial charge in [0.15, 0.2) is 0 Å². The van der Waals surface area contributed by atoms with Crippen LogP contribution in [0.25, 0.3) is 0 Å². The van der Waals surface area contributed by atoms with Crippen LogP contribution in [-0.2, 0) is 4.52 Å². The summed E-state index contributed by atoms with van der Waals surface area (Å²) in [4.78, 5) is 0. The summed E-state index contributed by atoms with van der Waals surface area (Å²) < 4.78 is 7.67. The average Bonchev–Trinajstić information content (AvgIpc) is 3.28. The van der Waals surface area contributed by atoms with Gasteiger partial charge in [0.05, 0.1) is 0 Å². The minimum absolute atomic E-state index is 0.266. The Morgan fingerprint density at radius 2 is 1.00 bits per heavy atom. The Balaban J connectivity index is 1.78. The van der Waals surface area contributed by atoms with Crippen molar-refractivity contribution < 1.29 is 4.52 Å². The van der Waals surface area contributed by atoms with Gasteiger partial charge in [0.1, 0.15) is 0 Å². The van der Waals surface area contributed by atoms with Gasteiger partial charge in [-0.25, -0.2) is 0 Å². The van der Waals surface area contributed by atoms with Crippen LogP contribution in [0.4, 0.5) is 0 Å². The molecule has 35 heavy (non-hydrogen) atoms. The molecule has 1 unspecified atom stereocenters. The monoisotopic (exact) mass is 469 g/mol. The molecule has 0 amide bonds. The molecule has 1 aliphatic heterocycles. The number of fused-ring (bicyclic) bond motifs is 1. The molecule has 0 saturated carbocycles. The summed E-state index contributed by atoms with van der Waals surface area (Å²) in [6.07, 6.45) is -0.266. The first-order valence-corrected chi connectivity index (χ1v) is 13.9. The van der Waals surface area contributed by atoms with E-state index >= 15 is 0 Å². The average molecular weight is 470 g/mol. The molecule has 0 fully saturated rings. The molecular formula is C32H24NOP. The summed E-state index contributed by atoms with van der Waals surface area (Å²) in [5.74, 6) is 0. The molecule has 1 heterocycles. The number of hydrogen-bond acceptors (Lipinski definition) is 2. The van der Waals surface area contributed by atoms with Crippen molar-refractivity contribution in [2.24, 2.45) is 0 Å². The van der Waals surface area contributed by atoms with Gasteiger partial charge in [-0.05, 0) is 0 Å². The Kier molecular flexibility index (Phi) is 5.12. The molecule has 3 heteroatoms. The molecule has 168 valence electrons. The van der Waals surface area contributed by atoms with E-state index in [1.165, 1.54) is 26.8 Å². The maximum atomic E-state index is 9.35. The zero-order chi connectivity index (χ0) is 23.7. The van der Waals surface area contributed by atoms with Crippen molar-refractivity contribution in [3.05, 3.63) is 156 Å². The van der Waals surface area contributed by atoms with Crippen molar-refractivity contribution >= 4 is 28.0 Å². The van der Waals surface area contributed by atoms with Crippen LogP contribution in [0.5, 0.6) is 0 Å². The number of hydrogen-bond donors (Lipinski definition) is 0. The van der Waals surface area contributed by atoms with E-state index in [0.29, 0.717) is 5.56 Å². The molecule has 6 rings (SSSR count). The van der Waals surface area contributed by atoms with Gasteiger partial charge in [0.2, 0.25) is 0 Å². The van der Waals surface area contributed by atoms with E-state index in [-0.39, 0.29) is 6.10 Å². The van der Waals surface area contributed by atoms with Gasteiger partial charge in [-0.15, -0.1) is 0 Å². The number of nitrogens with zero attached hydrogens (tertiary/aromatic N) is 1. The molecule has 0 radical (unpaired) electrons. The Hall–Kier alpha value is -4.02. The first-order valence-electron chi connectivity index (χ1n) is 11.7. The van der Waals surface area contributed by atoms with Crippen LogP contribution in [-0.4, -0.2) is 0 Å². The van der Waals surface area contributed by atoms with Crippen molar-refractivity contribution in [2.45, 2.75) is 6.10 Å². The molecule has 2 nitrogen and oxygen atoms in total. The molecule has 0 spiro atoms.